The molecule has 1 aliphatic heterocycles. The average molecular weight is 274 g/mol. The van der Waals surface area contributed by atoms with Gasteiger partial charge in [0.05, 0.1) is 0 Å². The van der Waals surface area contributed by atoms with Crippen LogP contribution >= 0.6 is 0 Å². The first-order valence-electron chi connectivity index (χ1n) is 7.15. The molecule has 0 amide bonds. The van der Waals surface area contributed by atoms with Crippen molar-refractivity contribution >= 4 is 17.8 Å². The number of nitrogens with zero attached hydrogens (tertiary/aromatic N) is 4. The van der Waals surface area contributed by atoms with Crippen molar-refractivity contribution in [2.45, 2.75) is 13.8 Å². The summed E-state index contributed by atoms with van der Waals surface area (Å²) >= 11 is 0. The number of anilines is 1. The lowest BCUT2D eigenvalue weighted by Gasteiger charge is -2.34. The minimum atomic E-state index is 0.483. The smallest absolute Gasteiger partial charge is 0.170 e. The van der Waals surface area contributed by atoms with E-state index in [9.17, 15) is 4.79 Å². The summed E-state index contributed by atoms with van der Waals surface area (Å²) < 4.78 is 2.00. The zero-order valence-corrected chi connectivity index (χ0v) is 12.4. The number of likely N-dealkylation sites (N-methyl/N-ethyl adjacent to an activating group) is 1. The highest BCUT2D eigenvalue weighted by molar-refractivity contribution is 5.74. The van der Waals surface area contributed by atoms with Crippen LogP contribution in [0.25, 0.3) is 5.65 Å². The molecule has 0 radical (unpaired) electrons. The van der Waals surface area contributed by atoms with E-state index in [2.05, 4.69) is 27.9 Å². The lowest BCUT2D eigenvalue weighted by Crippen LogP contribution is -2.45. The number of carbonyl (C=O) groups excluding carboxylic acids is 1. The summed E-state index contributed by atoms with van der Waals surface area (Å²) in [5.41, 5.74) is 1.31. The van der Waals surface area contributed by atoms with Gasteiger partial charge >= 0.3 is 0 Å². The number of hydrogen-bond acceptors (Lipinski definition) is 4. The number of imidazole rings is 1. The Hall–Kier alpha value is -1.88. The van der Waals surface area contributed by atoms with Gasteiger partial charge in [-0.15, -0.1) is 0 Å². The SMILES string of the molecule is CC.CN1CCN(c2cccc3nc(C=O)cn23)CC1. The van der Waals surface area contributed by atoms with E-state index in [1.165, 1.54) is 0 Å². The molecule has 1 fully saturated rings. The van der Waals surface area contributed by atoms with Crippen LogP contribution in [-0.4, -0.2) is 53.8 Å². The van der Waals surface area contributed by atoms with Crippen LogP contribution in [0, 0.1) is 0 Å². The topological polar surface area (TPSA) is 40.8 Å². The lowest BCUT2D eigenvalue weighted by molar-refractivity contribution is 0.111. The number of rotatable bonds is 2. The van der Waals surface area contributed by atoms with Gasteiger partial charge in [0.2, 0.25) is 0 Å². The van der Waals surface area contributed by atoms with Crippen molar-refractivity contribution in [2.24, 2.45) is 0 Å². The molecule has 20 heavy (non-hydrogen) atoms. The van der Waals surface area contributed by atoms with Crippen molar-refractivity contribution < 1.29 is 4.79 Å². The van der Waals surface area contributed by atoms with Crippen molar-refractivity contribution in [2.75, 3.05) is 38.1 Å². The predicted molar refractivity (Wildman–Crippen MR) is 81.6 cm³/mol. The monoisotopic (exact) mass is 274 g/mol. The highest BCUT2D eigenvalue weighted by Crippen LogP contribution is 2.18. The van der Waals surface area contributed by atoms with Gasteiger partial charge in [-0.05, 0) is 19.2 Å². The molecule has 0 aromatic carbocycles. The number of aldehydes is 1. The van der Waals surface area contributed by atoms with Gasteiger partial charge in [0, 0.05) is 32.4 Å². The van der Waals surface area contributed by atoms with Gasteiger partial charge in [0.25, 0.3) is 0 Å². The lowest BCUT2D eigenvalue weighted by atomic mass is 10.3. The predicted octanol–water partition coefficient (Wildman–Crippen LogP) is 1.92. The Morgan fingerprint density at radius 2 is 1.85 bits per heavy atom. The maximum atomic E-state index is 10.8. The third-order valence-electron chi connectivity index (χ3n) is 3.44. The maximum Gasteiger partial charge on any atom is 0.170 e. The molecule has 3 heterocycles. The Labute approximate surface area is 119 Å². The fourth-order valence-corrected chi connectivity index (χ4v) is 2.37. The Bertz CT molecular complexity index is 570. The van der Waals surface area contributed by atoms with Gasteiger partial charge in [-0.1, -0.05) is 19.9 Å². The van der Waals surface area contributed by atoms with Gasteiger partial charge in [-0.25, -0.2) is 4.98 Å². The van der Waals surface area contributed by atoms with Crippen LogP contribution in [0.15, 0.2) is 24.4 Å². The summed E-state index contributed by atoms with van der Waals surface area (Å²) in [7, 11) is 2.14. The van der Waals surface area contributed by atoms with Crippen molar-refractivity contribution in [1.82, 2.24) is 14.3 Å². The first kappa shape index (κ1) is 14.5. The van der Waals surface area contributed by atoms with E-state index in [1.54, 1.807) is 6.20 Å². The second-order valence-corrected chi connectivity index (χ2v) is 4.69. The molecule has 0 saturated carbocycles. The minimum absolute atomic E-state index is 0.483. The second-order valence-electron chi connectivity index (χ2n) is 4.69. The van der Waals surface area contributed by atoms with E-state index >= 15 is 0 Å². The Kier molecular flexibility index (Phi) is 4.74. The average Bonchev–Trinajstić information content (AvgIpc) is 2.93. The first-order chi connectivity index (χ1) is 9.78. The summed E-state index contributed by atoms with van der Waals surface area (Å²) in [5, 5.41) is 0. The molecular formula is C15H22N4O. The molecule has 2 aromatic heterocycles. The molecule has 0 unspecified atom stereocenters. The quantitative estimate of drug-likeness (QED) is 0.785. The van der Waals surface area contributed by atoms with Gasteiger partial charge in [-0.3, -0.25) is 9.20 Å². The molecule has 1 aliphatic rings. The fourth-order valence-electron chi connectivity index (χ4n) is 2.37. The van der Waals surface area contributed by atoms with E-state index in [4.69, 9.17) is 0 Å². The van der Waals surface area contributed by atoms with Gasteiger partial charge < -0.3 is 9.80 Å². The molecule has 5 nitrogen and oxygen atoms in total. The molecule has 2 aromatic rings. The van der Waals surface area contributed by atoms with Crippen molar-refractivity contribution in [1.29, 1.82) is 0 Å². The summed E-state index contributed by atoms with van der Waals surface area (Å²) in [6.07, 6.45) is 2.59. The van der Waals surface area contributed by atoms with Gasteiger partial charge in [0.1, 0.15) is 17.2 Å². The molecular weight excluding hydrogens is 252 g/mol. The van der Waals surface area contributed by atoms with Crippen LogP contribution < -0.4 is 4.90 Å². The van der Waals surface area contributed by atoms with Crippen molar-refractivity contribution in [3.63, 3.8) is 0 Å². The molecule has 0 atom stereocenters. The van der Waals surface area contributed by atoms with Crippen molar-refractivity contribution in [3.8, 4) is 0 Å². The highest BCUT2D eigenvalue weighted by atomic mass is 16.1. The molecule has 0 spiro atoms. The molecule has 3 rings (SSSR count). The van der Waals surface area contributed by atoms with E-state index < -0.39 is 0 Å². The van der Waals surface area contributed by atoms with Gasteiger partial charge in [0.15, 0.2) is 6.29 Å². The number of fused-ring (bicyclic) bond motifs is 1. The van der Waals surface area contributed by atoms with Crippen LogP contribution in [-0.2, 0) is 0 Å². The normalized spacial score (nSPS) is 15.8. The number of hydrogen-bond donors (Lipinski definition) is 0. The molecule has 0 bridgehead atoms. The zero-order chi connectivity index (χ0) is 14.5. The largest absolute Gasteiger partial charge is 0.355 e. The standard InChI is InChI=1S/C13H16N4O.C2H6/c1-15-5-7-16(8-6-15)13-4-2-3-12-14-11(10-18)9-17(12)13;1-2/h2-4,9-10H,5-8H2,1H3;1-2H3. The van der Waals surface area contributed by atoms with Gasteiger partial charge in [-0.2, -0.15) is 0 Å². The number of pyridine rings is 1. The Morgan fingerprint density at radius 1 is 1.15 bits per heavy atom. The fraction of sp³-hybridized carbons (Fsp3) is 0.467. The Morgan fingerprint density at radius 3 is 2.50 bits per heavy atom. The highest BCUT2D eigenvalue weighted by Gasteiger charge is 2.16. The minimum Gasteiger partial charge on any atom is -0.355 e. The molecule has 0 aliphatic carbocycles. The molecule has 108 valence electrons. The molecule has 1 saturated heterocycles. The van der Waals surface area contributed by atoms with Crippen LogP contribution in [0.2, 0.25) is 0 Å². The zero-order valence-electron chi connectivity index (χ0n) is 12.4. The second kappa shape index (κ2) is 6.52. The number of aromatic nitrogens is 2. The van der Waals surface area contributed by atoms with E-state index in [1.807, 2.05) is 30.4 Å². The van der Waals surface area contributed by atoms with Crippen LogP contribution in [0.1, 0.15) is 24.3 Å². The number of piperazine rings is 1. The molecule has 5 heteroatoms. The van der Waals surface area contributed by atoms with E-state index in [-0.39, 0.29) is 0 Å². The first-order valence-corrected chi connectivity index (χ1v) is 7.15. The summed E-state index contributed by atoms with van der Waals surface area (Å²) in [6.45, 7) is 8.13. The summed E-state index contributed by atoms with van der Waals surface area (Å²) in [5.74, 6) is 1.11. The Balaban J connectivity index is 0.000000704. The summed E-state index contributed by atoms with van der Waals surface area (Å²) in [4.78, 5) is 19.7. The molecule has 0 N–H and O–H groups in total. The third-order valence-corrected chi connectivity index (χ3v) is 3.44. The summed E-state index contributed by atoms with van der Waals surface area (Å²) in [6, 6.07) is 5.99. The van der Waals surface area contributed by atoms with E-state index in [0.717, 1.165) is 43.9 Å². The number of carbonyl (C=O) groups is 1. The van der Waals surface area contributed by atoms with Crippen LogP contribution in [0.5, 0.6) is 0 Å². The van der Waals surface area contributed by atoms with Crippen molar-refractivity contribution in [3.05, 3.63) is 30.1 Å². The van der Waals surface area contributed by atoms with Crippen LogP contribution in [0.3, 0.4) is 0 Å². The maximum absolute atomic E-state index is 10.8. The van der Waals surface area contributed by atoms with E-state index in [0.29, 0.717) is 5.69 Å². The van der Waals surface area contributed by atoms with Crippen LogP contribution in [0.4, 0.5) is 5.82 Å². The third kappa shape index (κ3) is 2.82.